The van der Waals surface area contributed by atoms with Crippen molar-refractivity contribution in [1.29, 1.82) is 0 Å². The van der Waals surface area contributed by atoms with Gasteiger partial charge >= 0.3 is 0 Å². The van der Waals surface area contributed by atoms with Gasteiger partial charge in [0.05, 0.1) is 18.8 Å². The highest BCUT2D eigenvalue weighted by Crippen LogP contribution is 2.17. The van der Waals surface area contributed by atoms with E-state index in [9.17, 15) is 15.0 Å². The average Bonchev–Trinajstić information content (AvgIpc) is 3.33. The summed E-state index contributed by atoms with van der Waals surface area (Å²) in [5.74, 6) is -0.122. The van der Waals surface area contributed by atoms with Gasteiger partial charge < -0.3 is 15.5 Å². The Morgan fingerprint density at radius 3 is 0.970 bits per heavy atom. The summed E-state index contributed by atoms with van der Waals surface area (Å²) in [4.78, 5) is 12.4. The number of aliphatic hydroxyl groups is 2. The summed E-state index contributed by atoms with van der Waals surface area (Å²) in [6.45, 7) is 4.19. The number of nitrogens with one attached hydrogen (secondary N) is 1. The number of carbonyl (C=O) groups excluding carboxylic acids is 1. The molecule has 0 aromatic carbocycles. The quantitative estimate of drug-likeness (QED) is 0.0420. The van der Waals surface area contributed by atoms with Crippen molar-refractivity contribution in [2.75, 3.05) is 6.61 Å². The molecule has 0 aliphatic rings. The zero-order chi connectivity index (χ0) is 48.5. The third-order valence-corrected chi connectivity index (χ3v) is 12.8. The molecule has 0 radical (unpaired) electrons. The molecule has 0 aliphatic heterocycles. The molecule has 0 aliphatic carbocycles. The fourth-order valence-electron chi connectivity index (χ4n) is 8.46. The second-order valence-electron chi connectivity index (χ2n) is 19.3. The van der Waals surface area contributed by atoms with Crippen LogP contribution >= 0.6 is 0 Å². The Morgan fingerprint density at radius 1 is 0.373 bits per heavy atom. The lowest BCUT2D eigenvalue weighted by Crippen LogP contribution is -2.45. The lowest BCUT2D eigenvalue weighted by Gasteiger charge is -2.19. The molecule has 3 N–H and O–H groups in total. The van der Waals surface area contributed by atoms with E-state index < -0.39 is 12.1 Å². The average molecular weight is 931 g/mol. The number of aliphatic hydroxyl groups excluding tert-OH is 2. The van der Waals surface area contributed by atoms with Crippen LogP contribution in [0.25, 0.3) is 0 Å². The summed E-state index contributed by atoms with van der Waals surface area (Å²) >= 11 is 0. The zero-order valence-electron chi connectivity index (χ0n) is 44.4. The molecule has 4 heteroatoms. The van der Waals surface area contributed by atoms with Crippen molar-refractivity contribution in [3.8, 4) is 0 Å². The Kier molecular flexibility index (Phi) is 55.3. The first-order valence-corrected chi connectivity index (χ1v) is 29.0. The molecule has 0 spiro atoms. The Morgan fingerprint density at radius 2 is 0.657 bits per heavy atom. The highest BCUT2D eigenvalue weighted by atomic mass is 16.3. The third-order valence-electron chi connectivity index (χ3n) is 12.8. The molecule has 0 saturated carbocycles. The molecule has 0 heterocycles. The predicted molar refractivity (Wildman–Crippen MR) is 299 cm³/mol. The van der Waals surface area contributed by atoms with Gasteiger partial charge in [-0.1, -0.05) is 297 Å². The van der Waals surface area contributed by atoms with Crippen molar-refractivity contribution < 1.29 is 15.0 Å². The van der Waals surface area contributed by atoms with Crippen LogP contribution in [0.2, 0.25) is 0 Å². The summed E-state index contributed by atoms with van der Waals surface area (Å²) in [5, 5.41) is 23.1. The second-order valence-corrected chi connectivity index (χ2v) is 19.3. The maximum absolute atomic E-state index is 12.4. The first kappa shape index (κ1) is 64.3. The Balaban J connectivity index is 3.58. The fraction of sp³-hybridized carbons (Fsp3) is 0.730. The summed E-state index contributed by atoms with van der Waals surface area (Å²) in [6.07, 6.45) is 85.9. The van der Waals surface area contributed by atoms with E-state index in [1.807, 2.05) is 6.08 Å². The predicted octanol–water partition coefficient (Wildman–Crippen LogP) is 19.3. The van der Waals surface area contributed by atoms with Crippen LogP contribution in [0.15, 0.2) is 97.2 Å². The monoisotopic (exact) mass is 930 g/mol. The molecule has 2 atom stereocenters. The van der Waals surface area contributed by atoms with Crippen LogP contribution in [0.1, 0.15) is 277 Å². The Labute approximate surface area is 417 Å². The van der Waals surface area contributed by atoms with Gasteiger partial charge in [-0.25, -0.2) is 0 Å². The van der Waals surface area contributed by atoms with Gasteiger partial charge in [0, 0.05) is 6.42 Å². The van der Waals surface area contributed by atoms with Crippen LogP contribution in [-0.4, -0.2) is 34.9 Å². The third kappa shape index (κ3) is 54.1. The maximum Gasteiger partial charge on any atom is 0.220 e. The summed E-state index contributed by atoms with van der Waals surface area (Å²) in [6, 6.07) is -0.661. The van der Waals surface area contributed by atoms with Crippen LogP contribution in [0.5, 0.6) is 0 Å². The molecule has 386 valence electrons. The standard InChI is InChI=1S/C63H111NO3/c1-3-5-7-9-11-13-15-17-19-21-23-25-27-28-29-30-31-32-33-34-35-37-38-40-42-44-46-48-50-52-54-56-58-62(66)61(60-65)64-63(67)59-57-55-53-51-49-47-45-43-41-39-36-26-24-22-20-18-16-14-12-10-8-6-4-2/h6,8,12,14,18,20,24,26,39,41,45,47,51,53,56,58,61-62,65-66H,3-5,7,9-11,13,15-17,19,21-23,25,27-38,40,42-44,46,48-50,52,54-55,57,59-60H2,1-2H3,(H,64,67)/b8-6-,14-12-,20-18-,26-24-,41-39-,47-45-,53-51-,58-56+. The number of hydrogen-bond donors (Lipinski definition) is 3. The molecule has 0 aromatic heterocycles. The lowest BCUT2D eigenvalue weighted by atomic mass is 10.0. The lowest BCUT2D eigenvalue weighted by molar-refractivity contribution is -0.122. The molecule has 0 aromatic rings. The van der Waals surface area contributed by atoms with Crippen molar-refractivity contribution in [2.45, 2.75) is 289 Å². The number of allylic oxidation sites excluding steroid dienone is 15. The molecule has 0 saturated heterocycles. The van der Waals surface area contributed by atoms with E-state index in [0.717, 1.165) is 70.6 Å². The molecule has 4 nitrogen and oxygen atoms in total. The van der Waals surface area contributed by atoms with Crippen molar-refractivity contribution >= 4 is 5.91 Å². The SMILES string of the molecule is CC/C=C\C/C=C\C/C=C\C/C=C\C/C=C\C/C=C\C/C=C\CCCC(=O)NC(CO)C(O)/C=C/CCCCCCCCCCCCCCCCCCCCCCCCCCCCCCCC. The molecule has 67 heavy (non-hydrogen) atoms. The normalized spacial score (nSPS) is 13.6. The van der Waals surface area contributed by atoms with Gasteiger partial charge in [0.25, 0.3) is 0 Å². The van der Waals surface area contributed by atoms with Gasteiger partial charge in [-0.15, -0.1) is 0 Å². The van der Waals surface area contributed by atoms with E-state index in [0.29, 0.717) is 6.42 Å². The van der Waals surface area contributed by atoms with Gasteiger partial charge in [-0.2, -0.15) is 0 Å². The highest BCUT2D eigenvalue weighted by Gasteiger charge is 2.17. The summed E-state index contributed by atoms with van der Waals surface area (Å²) in [7, 11) is 0. The molecule has 0 fully saturated rings. The van der Waals surface area contributed by atoms with Crippen LogP contribution in [-0.2, 0) is 4.79 Å². The first-order valence-electron chi connectivity index (χ1n) is 29.0. The number of hydrogen-bond acceptors (Lipinski definition) is 3. The van der Waals surface area contributed by atoms with Crippen molar-refractivity contribution in [3.63, 3.8) is 0 Å². The van der Waals surface area contributed by atoms with E-state index in [4.69, 9.17) is 0 Å². The number of unbranched alkanes of at least 4 members (excludes halogenated alkanes) is 31. The molecule has 2 unspecified atom stereocenters. The molecule has 0 rings (SSSR count). The summed E-state index contributed by atoms with van der Waals surface area (Å²) in [5.41, 5.74) is 0. The topological polar surface area (TPSA) is 69.6 Å². The van der Waals surface area contributed by atoms with E-state index in [2.05, 4.69) is 104 Å². The van der Waals surface area contributed by atoms with Gasteiger partial charge in [0.15, 0.2) is 0 Å². The summed E-state index contributed by atoms with van der Waals surface area (Å²) < 4.78 is 0. The minimum atomic E-state index is -0.871. The van der Waals surface area contributed by atoms with Crippen LogP contribution in [0, 0.1) is 0 Å². The van der Waals surface area contributed by atoms with E-state index in [1.165, 1.54) is 186 Å². The van der Waals surface area contributed by atoms with Gasteiger partial charge in [0.2, 0.25) is 5.91 Å². The minimum absolute atomic E-state index is 0.122. The van der Waals surface area contributed by atoms with Gasteiger partial charge in [0.1, 0.15) is 0 Å². The van der Waals surface area contributed by atoms with Gasteiger partial charge in [-0.3, -0.25) is 4.79 Å². The number of amides is 1. The van der Waals surface area contributed by atoms with Gasteiger partial charge in [-0.05, 0) is 70.6 Å². The van der Waals surface area contributed by atoms with E-state index >= 15 is 0 Å². The first-order chi connectivity index (χ1) is 33.2. The maximum atomic E-state index is 12.4. The van der Waals surface area contributed by atoms with Crippen LogP contribution in [0.3, 0.4) is 0 Å². The molecule has 1 amide bonds. The molecular formula is C63H111NO3. The van der Waals surface area contributed by atoms with Crippen LogP contribution in [0.4, 0.5) is 0 Å². The Hall–Kier alpha value is -2.69. The largest absolute Gasteiger partial charge is 0.394 e. The van der Waals surface area contributed by atoms with E-state index in [-0.39, 0.29) is 12.5 Å². The zero-order valence-corrected chi connectivity index (χ0v) is 44.4. The van der Waals surface area contributed by atoms with Crippen LogP contribution < -0.4 is 5.32 Å². The Bertz CT molecular complexity index is 1240. The van der Waals surface area contributed by atoms with Crippen molar-refractivity contribution in [1.82, 2.24) is 5.32 Å². The van der Waals surface area contributed by atoms with E-state index in [1.54, 1.807) is 6.08 Å². The second kappa shape index (κ2) is 57.6. The number of rotatable bonds is 52. The minimum Gasteiger partial charge on any atom is -0.394 e. The fourth-order valence-corrected chi connectivity index (χ4v) is 8.46. The highest BCUT2D eigenvalue weighted by molar-refractivity contribution is 5.76. The smallest absolute Gasteiger partial charge is 0.220 e. The molecular weight excluding hydrogens is 819 g/mol. The molecule has 0 bridgehead atoms. The van der Waals surface area contributed by atoms with Crippen molar-refractivity contribution in [2.24, 2.45) is 0 Å². The number of carbonyl (C=O) groups is 1. The van der Waals surface area contributed by atoms with Crippen molar-refractivity contribution in [3.05, 3.63) is 97.2 Å².